The monoisotopic (exact) mass is 267 g/mol. The molecule has 92 valence electrons. The Morgan fingerprint density at radius 2 is 2.12 bits per heavy atom. The van der Waals surface area contributed by atoms with Gasteiger partial charge >= 0.3 is 0 Å². The molecule has 5 heteroatoms. The Balaban J connectivity index is 0.00000225. The highest BCUT2D eigenvalue weighted by Crippen LogP contribution is 2.27. The number of benzene rings is 1. The van der Waals surface area contributed by atoms with Gasteiger partial charge in [0.05, 0.1) is 11.1 Å². The van der Waals surface area contributed by atoms with Crippen molar-refractivity contribution in [1.29, 1.82) is 0 Å². The number of halogens is 3. The van der Waals surface area contributed by atoms with Crippen LogP contribution in [0.25, 0.3) is 0 Å². The van der Waals surface area contributed by atoms with E-state index in [9.17, 15) is 9.50 Å². The van der Waals surface area contributed by atoms with Crippen molar-refractivity contribution in [2.45, 2.75) is 31.9 Å². The predicted molar refractivity (Wildman–Crippen MR) is 66.5 cm³/mol. The standard InChI is InChI=1S/C11H15ClFNO.ClH/c1-2-4-9(14)11(15)7-5-3-6-8(13)10(7)12;/h3,5-6,9,11,15H,2,4,14H2,1H3;1H/t9-,11-;/m1./s1. The first-order valence-electron chi connectivity index (χ1n) is 4.95. The first kappa shape index (κ1) is 15.7. The van der Waals surface area contributed by atoms with Gasteiger partial charge in [-0.05, 0) is 12.5 Å². The van der Waals surface area contributed by atoms with Crippen LogP contribution in [0.5, 0.6) is 0 Å². The zero-order chi connectivity index (χ0) is 11.4. The summed E-state index contributed by atoms with van der Waals surface area (Å²) in [6.45, 7) is 1.97. The summed E-state index contributed by atoms with van der Waals surface area (Å²) < 4.78 is 13.1. The van der Waals surface area contributed by atoms with Crippen molar-refractivity contribution in [2.75, 3.05) is 0 Å². The summed E-state index contributed by atoms with van der Waals surface area (Å²) in [5.41, 5.74) is 6.11. The summed E-state index contributed by atoms with van der Waals surface area (Å²) in [7, 11) is 0. The van der Waals surface area contributed by atoms with Gasteiger partial charge in [-0.3, -0.25) is 0 Å². The Bertz CT molecular complexity index is 336. The molecule has 1 aromatic rings. The van der Waals surface area contributed by atoms with Gasteiger partial charge in [-0.2, -0.15) is 0 Å². The second-order valence-corrected chi connectivity index (χ2v) is 3.92. The fraction of sp³-hybridized carbons (Fsp3) is 0.455. The Hall–Kier alpha value is -0.350. The first-order chi connectivity index (χ1) is 7.07. The molecular formula is C11H16Cl2FNO. The molecule has 0 unspecified atom stereocenters. The highest BCUT2D eigenvalue weighted by atomic mass is 35.5. The topological polar surface area (TPSA) is 46.2 Å². The molecule has 1 aromatic carbocycles. The maximum Gasteiger partial charge on any atom is 0.142 e. The van der Waals surface area contributed by atoms with Crippen LogP contribution in [0.1, 0.15) is 31.4 Å². The van der Waals surface area contributed by atoms with E-state index in [2.05, 4.69) is 0 Å². The van der Waals surface area contributed by atoms with E-state index < -0.39 is 18.0 Å². The summed E-state index contributed by atoms with van der Waals surface area (Å²) in [6, 6.07) is 3.95. The highest BCUT2D eigenvalue weighted by molar-refractivity contribution is 6.31. The molecule has 2 nitrogen and oxygen atoms in total. The molecule has 0 spiro atoms. The van der Waals surface area contributed by atoms with E-state index in [0.29, 0.717) is 12.0 Å². The summed E-state index contributed by atoms with van der Waals surface area (Å²) in [5, 5.41) is 9.80. The minimum absolute atomic E-state index is 0. The lowest BCUT2D eigenvalue weighted by Crippen LogP contribution is -2.28. The average Bonchev–Trinajstić information content (AvgIpc) is 2.21. The average molecular weight is 268 g/mol. The number of aliphatic hydroxyl groups excluding tert-OH is 1. The molecule has 0 heterocycles. The molecule has 0 bridgehead atoms. The van der Waals surface area contributed by atoms with Crippen LogP contribution in [0.3, 0.4) is 0 Å². The Morgan fingerprint density at radius 3 is 2.69 bits per heavy atom. The largest absolute Gasteiger partial charge is 0.387 e. The normalized spacial score (nSPS) is 14.1. The smallest absolute Gasteiger partial charge is 0.142 e. The molecule has 0 radical (unpaired) electrons. The second-order valence-electron chi connectivity index (χ2n) is 3.54. The van der Waals surface area contributed by atoms with Crippen molar-refractivity contribution in [3.05, 3.63) is 34.6 Å². The fourth-order valence-corrected chi connectivity index (χ4v) is 1.71. The van der Waals surface area contributed by atoms with E-state index in [1.165, 1.54) is 12.1 Å². The van der Waals surface area contributed by atoms with Crippen molar-refractivity contribution in [3.8, 4) is 0 Å². The molecule has 0 aliphatic heterocycles. The van der Waals surface area contributed by atoms with Crippen LogP contribution >= 0.6 is 24.0 Å². The van der Waals surface area contributed by atoms with E-state index >= 15 is 0 Å². The zero-order valence-electron chi connectivity index (χ0n) is 8.99. The molecule has 3 N–H and O–H groups in total. The van der Waals surface area contributed by atoms with Gasteiger partial charge in [0.1, 0.15) is 5.82 Å². The molecule has 0 aliphatic carbocycles. The summed E-state index contributed by atoms with van der Waals surface area (Å²) in [5.74, 6) is -0.531. The number of aliphatic hydroxyl groups is 1. The number of nitrogens with two attached hydrogens (primary N) is 1. The van der Waals surface area contributed by atoms with Crippen LogP contribution in [-0.2, 0) is 0 Å². The first-order valence-corrected chi connectivity index (χ1v) is 5.33. The molecule has 2 atom stereocenters. The van der Waals surface area contributed by atoms with Crippen LogP contribution < -0.4 is 5.73 Å². The van der Waals surface area contributed by atoms with Crippen molar-refractivity contribution in [3.63, 3.8) is 0 Å². The van der Waals surface area contributed by atoms with Crippen molar-refractivity contribution in [1.82, 2.24) is 0 Å². The van der Waals surface area contributed by atoms with Gasteiger partial charge in [-0.25, -0.2) is 4.39 Å². The zero-order valence-corrected chi connectivity index (χ0v) is 10.6. The quantitative estimate of drug-likeness (QED) is 0.881. The van der Waals surface area contributed by atoms with Gasteiger partial charge in [-0.15, -0.1) is 12.4 Å². The number of hydrogen-bond acceptors (Lipinski definition) is 2. The van der Waals surface area contributed by atoms with Crippen LogP contribution in [-0.4, -0.2) is 11.1 Å². The van der Waals surface area contributed by atoms with Gasteiger partial charge in [0, 0.05) is 11.6 Å². The molecule has 0 fully saturated rings. The minimum Gasteiger partial charge on any atom is -0.387 e. The molecule has 1 rings (SSSR count). The van der Waals surface area contributed by atoms with Crippen LogP contribution in [0.2, 0.25) is 5.02 Å². The highest BCUT2D eigenvalue weighted by Gasteiger charge is 2.20. The number of hydrogen-bond donors (Lipinski definition) is 2. The lowest BCUT2D eigenvalue weighted by atomic mass is 9.99. The lowest BCUT2D eigenvalue weighted by molar-refractivity contribution is 0.141. The maximum atomic E-state index is 13.1. The number of rotatable bonds is 4. The Kier molecular flexibility index (Phi) is 6.91. The van der Waals surface area contributed by atoms with Crippen LogP contribution in [0.4, 0.5) is 4.39 Å². The van der Waals surface area contributed by atoms with E-state index in [1.54, 1.807) is 6.07 Å². The van der Waals surface area contributed by atoms with Gasteiger partial charge in [-0.1, -0.05) is 37.1 Å². The SMILES string of the molecule is CCC[C@@H](N)[C@H](O)c1cccc(F)c1Cl.Cl. The van der Waals surface area contributed by atoms with Crippen LogP contribution in [0, 0.1) is 5.82 Å². The molecule has 16 heavy (non-hydrogen) atoms. The van der Waals surface area contributed by atoms with Crippen molar-refractivity contribution < 1.29 is 9.50 Å². The van der Waals surface area contributed by atoms with Crippen molar-refractivity contribution >= 4 is 24.0 Å². The van der Waals surface area contributed by atoms with Crippen molar-refractivity contribution in [2.24, 2.45) is 5.73 Å². The van der Waals surface area contributed by atoms with E-state index in [1.807, 2.05) is 6.92 Å². The Morgan fingerprint density at radius 1 is 1.50 bits per heavy atom. The van der Waals surface area contributed by atoms with Gasteiger partial charge in [0.15, 0.2) is 0 Å². The van der Waals surface area contributed by atoms with Gasteiger partial charge in [0.25, 0.3) is 0 Å². The maximum absolute atomic E-state index is 13.1. The van der Waals surface area contributed by atoms with E-state index in [-0.39, 0.29) is 17.4 Å². The van der Waals surface area contributed by atoms with Gasteiger partial charge in [0.2, 0.25) is 0 Å². The molecule has 0 amide bonds. The third-order valence-electron chi connectivity index (χ3n) is 2.33. The molecule has 0 aliphatic rings. The third kappa shape index (κ3) is 3.59. The fourth-order valence-electron chi connectivity index (χ4n) is 1.47. The Labute approximate surface area is 106 Å². The lowest BCUT2D eigenvalue weighted by Gasteiger charge is -2.19. The molecule has 0 saturated carbocycles. The minimum atomic E-state index is -0.909. The van der Waals surface area contributed by atoms with Gasteiger partial charge < -0.3 is 10.8 Å². The van der Waals surface area contributed by atoms with E-state index in [4.69, 9.17) is 17.3 Å². The summed E-state index contributed by atoms with van der Waals surface area (Å²) >= 11 is 5.74. The summed E-state index contributed by atoms with van der Waals surface area (Å²) in [6.07, 6.45) is 0.632. The molecular weight excluding hydrogens is 252 g/mol. The van der Waals surface area contributed by atoms with E-state index in [0.717, 1.165) is 6.42 Å². The molecule has 0 aromatic heterocycles. The second kappa shape index (κ2) is 7.07. The van der Waals surface area contributed by atoms with Crippen LogP contribution in [0.15, 0.2) is 18.2 Å². The third-order valence-corrected chi connectivity index (χ3v) is 2.73. The summed E-state index contributed by atoms with van der Waals surface area (Å²) in [4.78, 5) is 0. The predicted octanol–water partition coefficient (Wildman–Crippen LogP) is 3.06. The molecule has 0 saturated heterocycles.